The second kappa shape index (κ2) is 14.4. The van der Waals surface area contributed by atoms with Gasteiger partial charge in [0.05, 0.1) is 24.1 Å². The molecule has 0 aromatic heterocycles. The molecule has 0 saturated heterocycles. The molecule has 0 fully saturated rings. The first-order valence-corrected chi connectivity index (χ1v) is 13.1. The number of amides is 2. The van der Waals surface area contributed by atoms with Gasteiger partial charge in [0.1, 0.15) is 0 Å². The lowest BCUT2D eigenvalue weighted by Crippen LogP contribution is -2.49. The molecule has 3 unspecified atom stereocenters. The zero-order chi connectivity index (χ0) is 25.8. The number of rotatable bonds is 12. The number of nitrogens with one attached hydrogen (secondary N) is 2. The largest absolute Gasteiger partial charge is 0.447 e. The summed E-state index contributed by atoms with van der Waals surface area (Å²) in [6.07, 6.45) is 0.632. The number of nitrogens with zero attached hydrogens (tertiary/aromatic N) is 1. The molecule has 3 atom stereocenters. The van der Waals surface area contributed by atoms with Gasteiger partial charge in [0.25, 0.3) is 0 Å². The third kappa shape index (κ3) is 9.83. The molecular formula is C27H35N3O5S. The van der Waals surface area contributed by atoms with Gasteiger partial charge in [0, 0.05) is 12.2 Å². The molecule has 0 saturated carbocycles. The minimum absolute atomic E-state index is 0.128. The van der Waals surface area contributed by atoms with E-state index in [2.05, 4.69) is 10.6 Å². The van der Waals surface area contributed by atoms with Crippen LogP contribution < -0.4 is 10.6 Å². The molecule has 36 heavy (non-hydrogen) atoms. The lowest BCUT2D eigenvalue weighted by Gasteiger charge is -2.28. The predicted molar refractivity (Wildman–Crippen MR) is 141 cm³/mol. The molecule has 3 N–H and O–H groups in total. The van der Waals surface area contributed by atoms with E-state index in [1.165, 1.54) is 0 Å². The lowest BCUT2D eigenvalue weighted by atomic mass is 9.94. The van der Waals surface area contributed by atoms with E-state index in [0.717, 1.165) is 17.0 Å². The molecule has 0 radical (unpaired) electrons. The Kier molecular flexibility index (Phi) is 11.0. The Morgan fingerprint density at radius 1 is 0.972 bits per heavy atom. The normalized spacial score (nSPS) is 15.3. The van der Waals surface area contributed by atoms with E-state index in [9.17, 15) is 14.7 Å². The number of aliphatic hydroxyl groups excluding tert-OH is 1. The van der Waals surface area contributed by atoms with Crippen LogP contribution in [0.25, 0.3) is 0 Å². The summed E-state index contributed by atoms with van der Waals surface area (Å²) < 4.78 is 10.6. The summed E-state index contributed by atoms with van der Waals surface area (Å²) in [6.45, 7) is 3.69. The van der Waals surface area contributed by atoms with Crippen molar-refractivity contribution in [3.05, 3.63) is 83.4 Å². The van der Waals surface area contributed by atoms with Crippen molar-refractivity contribution in [3.63, 3.8) is 0 Å². The van der Waals surface area contributed by atoms with Crippen LogP contribution >= 0.6 is 11.8 Å². The number of benzene rings is 2. The topological polar surface area (TPSA) is 100 Å². The Morgan fingerprint density at radius 3 is 2.19 bits per heavy atom. The van der Waals surface area contributed by atoms with Crippen LogP contribution in [0.3, 0.4) is 0 Å². The molecule has 0 bridgehead atoms. The van der Waals surface area contributed by atoms with E-state index in [4.69, 9.17) is 9.47 Å². The molecule has 8 nitrogen and oxygen atoms in total. The van der Waals surface area contributed by atoms with E-state index in [-0.39, 0.29) is 19.3 Å². The lowest BCUT2D eigenvalue weighted by molar-refractivity contribution is 0.0725. The van der Waals surface area contributed by atoms with Crippen LogP contribution in [0.2, 0.25) is 0 Å². The van der Waals surface area contributed by atoms with Gasteiger partial charge in [0.15, 0.2) is 6.73 Å². The van der Waals surface area contributed by atoms with Crippen LogP contribution in [0.15, 0.2) is 72.3 Å². The van der Waals surface area contributed by atoms with Crippen molar-refractivity contribution in [2.45, 2.75) is 57.4 Å². The van der Waals surface area contributed by atoms with Gasteiger partial charge in [-0.1, -0.05) is 60.7 Å². The highest BCUT2D eigenvalue weighted by Crippen LogP contribution is 2.16. The van der Waals surface area contributed by atoms with Gasteiger partial charge in [-0.25, -0.2) is 9.59 Å². The Hall–Kier alpha value is -3.17. The maximum absolute atomic E-state index is 12.6. The minimum Gasteiger partial charge on any atom is -0.447 e. The Balaban J connectivity index is 1.68. The molecule has 1 aliphatic rings. The fourth-order valence-electron chi connectivity index (χ4n) is 3.84. The van der Waals surface area contributed by atoms with E-state index in [0.29, 0.717) is 12.8 Å². The van der Waals surface area contributed by atoms with Gasteiger partial charge in [-0.3, -0.25) is 0 Å². The Morgan fingerprint density at radius 2 is 1.61 bits per heavy atom. The van der Waals surface area contributed by atoms with Crippen LogP contribution in [0.4, 0.5) is 9.59 Å². The van der Waals surface area contributed by atoms with Crippen LogP contribution in [0.5, 0.6) is 0 Å². The first-order chi connectivity index (χ1) is 17.4. The number of carbonyl (C=O) groups excluding carboxylic acids is 2. The standard InChI is InChI=1S/C27H35N3O5S/c1-20(2)35-27(33)28-23(15-21-9-5-3-6-10-21)17-25(31)24(16-22-11-7-4-8-12-22)29-26(32)34-18-30-13-14-36-19-30/h3-14,20,23-25,31H,15-19H2,1-2H3,(H,28,33)(H,29,32). The van der Waals surface area contributed by atoms with Crippen molar-refractivity contribution in [2.24, 2.45) is 0 Å². The summed E-state index contributed by atoms with van der Waals surface area (Å²) >= 11 is 1.62. The number of hydrogen-bond acceptors (Lipinski definition) is 7. The third-order valence-electron chi connectivity index (χ3n) is 5.55. The summed E-state index contributed by atoms with van der Waals surface area (Å²) in [5, 5.41) is 18.9. The molecule has 2 aromatic rings. The number of thioether (sulfide) groups is 1. The maximum atomic E-state index is 12.6. The van der Waals surface area contributed by atoms with Crippen LogP contribution in [-0.2, 0) is 22.3 Å². The van der Waals surface area contributed by atoms with Gasteiger partial charge in [-0.2, -0.15) is 0 Å². The molecule has 9 heteroatoms. The van der Waals surface area contributed by atoms with Crippen molar-refractivity contribution in [2.75, 3.05) is 12.6 Å². The summed E-state index contributed by atoms with van der Waals surface area (Å²) in [4.78, 5) is 26.8. The number of ether oxygens (including phenoxy) is 2. The van der Waals surface area contributed by atoms with Crippen molar-refractivity contribution in [3.8, 4) is 0 Å². The second-order valence-electron chi connectivity index (χ2n) is 8.96. The fourth-order valence-corrected chi connectivity index (χ4v) is 4.54. The SMILES string of the molecule is CC(C)OC(=O)NC(Cc1ccccc1)CC(O)C(Cc1ccccc1)NC(=O)OCN1C=CSC1. The average Bonchev–Trinajstić information content (AvgIpc) is 3.37. The van der Waals surface area contributed by atoms with E-state index in [1.54, 1.807) is 25.6 Å². The summed E-state index contributed by atoms with van der Waals surface area (Å²) in [7, 11) is 0. The van der Waals surface area contributed by atoms with E-state index in [1.807, 2.05) is 77.2 Å². The smallest absolute Gasteiger partial charge is 0.409 e. The fraction of sp³-hybridized carbons (Fsp3) is 0.407. The van der Waals surface area contributed by atoms with Gasteiger partial charge < -0.3 is 30.1 Å². The highest BCUT2D eigenvalue weighted by atomic mass is 32.2. The highest BCUT2D eigenvalue weighted by molar-refractivity contribution is 8.02. The zero-order valence-electron chi connectivity index (χ0n) is 20.7. The summed E-state index contributed by atoms with van der Waals surface area (Å²) in [5.74, 6) is 0.725. The first kappa shape index (κ1) is 27.4. The summed E-state index contributed by atoms with van der Waals surface area (Å²) in [5.41, 5.74) is 1.98. The second-order valence-corrected chi connectivity index (χ2v) is 9.82. The number of aliphatic hydroxyl groups is 1. The van der Waals surface area contributed by atoms with Gasteiger partial charge in [-0.15, -0.1) is 11.8 Å². The Bertz CT molecular complexity index is 974. The molecule has 194 valence electrons. The first-order valence-electron chi connectivity index (χ1n) is 12.1. The van der Waals surface area contributed by atoms with Crippen LogP contribution in [-0.4, -0.2) is 59.1 Å². The predicted octanol–water partition coefficient (Wildman–Crippen LogP) is 4.26. The number of carbonyl (C=O) groups is 2. The third-order valence-corrected chi connectivity index (χ3v) is 6.35. The highest BCUT2D eigenvalue weighted by Gasteiger charge is 2.27. The van der Waals surface area contributed by atoms with E-state index < -0.39 is 30.4 Å². The molecule has 1 heterocycles. The van der Waals surface area contributed by atoms with Crippen LogP contribution in [0, 0.1) is 0 Å². The molecule has 3 rings (SSSR count). The minimum atomic E-state index is -0.951. The van der Waals surface area contributed by atoms with Gasteiger partial charge >= 0.3 is 12.2 Å². The van der Waals surface area contributed by atoms with Crippen molar-refractivity contribution >= 4 is 23.9 Å². The van der Waals surface area contributed by atoms with Gasteiger partial charge in [-0.05, 0) is 49.6 Å². The molecule has 0 aliphatic carbocycles. The maximum Gasteiger partial charge on any atom is 0.409 e. The number of alkyl carbamates (subject to hydrolysis) is 2. The van der Waals surface area contributed by atoms with Crippen molar-refractivity contribution < 1.29 is 24.2 Å². The van der Waals surface area contributed by atoms with E-state index >= 15 is 0 Å². The average molecular weight is 514 g/mol. The molecule has 2 aromatic carbocycles. The van der Waals surface area contributed by atoms with Crippen LogP contribution in [0.1, 0.15) is 31.4 Å². The summed E-state index contributed by atoms with van der Waals surface area (Å²) in [6, 6.07) is 18.3. The molecule has 0 spiro atoms. The molecule has 2 amide bonds. The quantitative estimate of drug-likeness (QED) is 0.390. The van der Waals surface area contributed by atoms with Gasteiger partial charge in [0.2, 0.25) is 0 Å². The molecule has 1 aliphatic heterocycles. The molecular weight excluding hydrogens is 478 g/mol. The zero-order valence-corrected chi connectivity index (χ0v) is 21.5. The Labute approximate surface area is 217 Å². The van der Waals surface area contributed by atoms with Crippen molar-refractivity contribution in [1.82, 2.24) is 15.5 Å². The van der Waals surface area contributed by atoms with Crippen molar-refractivity contribution in [1.29, 1.82) is 0 Å². The monoisotopic (exact) mass is 513 g/mol. The number of hydrogen-bond donors (Lipinski definition) is 3.